The average Bonchev–Trinajstić information content (AvgIpc) is 2.37. The van der Waals surface area contributed by atoms with E-state index in [0.717, 1.165) is 0 Å². The van der Waals surface area contributed by atoms with Gasteiger partial charge in [-0.15, -0.1) is 0 Å². The van der Waals surface area contributed by atoms with Crippen molar-refractivity contribution in [3.05, 3.63) is 23.8 Å². The van der Waals surface area contributed by atoms with Gasteiger partial charge in [0.05, 0.1) is 18.0 Å². The van der Waals surface area contributed by atoms with Crippen LogP contribution in [-0.2, 0) is 4.79 Å². The molecule has 5 heteroatoms. The maximum atomic E-state index is 11.6. The molecular weight excluding hydrogens is 220 g/mol. The first-order valence-electron chi connectivity index (χ1n) is 5.43. The molecule has 0 saturated carbocycles. The first-order valence-corrected chi connectivity index (χ1v) is 5.43. The highest BCUT2D eigenvalue weighted by atomic mass is 16.5. The molecular formula is C12H14N2O3. The molecule has 2 rings (SSSR count). The third kappa shape index (κ3) is 2.01. The lowest BCUT2D eigenvalue weighted by Gasteiger charge is -2.28. The van der Waals surface area contributed by atoms with Crippen molar-refractivity contribution in [2.24, 2.45) is 0 Å². The third-order valence-corrected chi connectivity index (χ3v) is 2.72. The summed E-state index contributed by atoms with van der Waals surface area (Å²) in [6, 6.07) is 5.14. The summed E-state index contributed by atoms with van der Waals surface area (Å²) in [6.45, 7) is 2.18. The number of hydrogen-bond donors (Lipinski definition) is 2. The predicted octanol–water partition coefficient (Wildman–Crippen LogP) is 0.792. The number of carbonyl (C=O) groups is 1. The number of nitrogens with one attached hydrogen (secondary N) is 1. The molecule has 0 aromatic heterocycles. The largest absolute Gasteiger partial charge is 0.482 e. The zero-order valence-corrected chi connectivity index (χ0v) is 9.56. The van der Waals surface area contributed by atoms with Gasteiger partial charge >= 0.3 is 0 Å². The standard InChI is InChI=1S/C12H14N2O3/c1-2-14-10-5-8(9(13)6-15)3-4-11(10)17-7-12(14)16/h3-5,13,15H,2,6-7H2,1H3. The minimum absolute atomic E-state index is 0.0532. The Hall–Kier alpha value is -1.88. The summed E-state index contributed by atoms with van der Waals surface area (Å²) < 4.78 is 5.31. The predicted molar refractivity (Wildman–Crippen MR) is 63.9 cm³/mol. The molecule has 2 N–H and O–H groups in total. The van der Waals surface area contributed by atoms with E-state index in [2.05, 4.69) is 0 Å². The van der Waals surface area contributed by atoms with Crippen LogP contribution >= 0.6 is 0 Å². The average molecular weight is 234 g/mol. The smallest absolute Gasteiger partial charge is 0.265 e. The molecule has 0 unspecified atom stereocenters. The molecule has 1 aromatic carbocycles. The normalized spacial score (nSPS) is 14.2. The number of amides is 1. The SMILES string of the molecule is CCN1C(=O)COc2ccc(C(=N)CO)cc21. The Kier molecular flexibility index (Phi) is 3.10. The number of anilines is 1. The molecule has 0 fully saturated rings. The highest BCUT2D eigenvalue weighted by Gasteiger charge is 2.24. The van der Waals surface area contributed by atoms with Gasteiger partial charge in [0.2, 0.25) is 0 Å². The lowest BCUT2D eigenvalue weighted by molar-refractivity contribution is -0.121. The lowest BCUT2D eigenvalue weighted by atomic mass is 10.1. The maximum absolute atomic E-state index is 11.6. The molecule has 0 aliphatic carbocycles. The Bertz CT molecular complexity index is 471. The summed E-state index contributed by atoms with van der Waals surface area (Å²) >= 11 is 0. The first kappa shape index (κ1) is 11.6. The van der Waals surface area contributed by atoms with Gasteiger partial charge < -0.3 is 20.2 Å². The highest BCUT2D eigenvalue weighted by Crippen LogP contribution is 2.32. The fraction of sp³-hybridized carbons (Fsp3) is 0.333. The molecule has 0 bridgehead atoms. The number of aliphatic hydroxyl groups excluding tert-OH is 1. The Morgan fingerprint density at radius 2 is 2.35 bits per heavy atom. The number of likely N-dealkylation sites (N-methyl/N-ethyl adjacent to an activating group) is 1. The van der Waals surface area contributed by atoms with Crippen LogP contribution < -0.4 is 9.64 Å². The van der Waals surface area contributed by atoms with E-state index in [1.807, 2.05) is 6.92 Å². The summed E-state index contributed by atoms with van der Waals surface area (Å²) in [5, 5.41) is 16.5. The summed E-state index contributed by atoms with van der Waals surface area (Å²) in [4.78, 5) is 13.3. The molecule has 5 nitrogen and oxygen atoms in total. The van der Waals surface area contributed by atoms with Crippen molar-refractivity contribution in [3.8, 4) is 5.75 Å². The number of aliphatic hydroxyl groups is 1. The van der Waals surface area contributed by atoms with E-state index in [0.29, 0.717) is 23.5 Å². The molecule has 90 valence electrons. The van der Waals surface area contributed by atoms with Crippen molar-refractivity contribution in [2.45, 2.75) is 6.92 Å². The zero-order valence-electron chi connectivity index (χ0n) is 9.56. The number of hydrogen-bond acceptors (Lipinski definition) is 4. The molecule has 1 aliphatic rings. The second kappa shape index (κ2) is 4.55. The molecule has 0 spiro atoms. The van der Waals surface area contributed by atoms with Crippen molar-refractivity contribution >= 4 is 17.3 Å². The topological polar surface area (TPSA) is 73.6 Å². The lowest BCUT2D eigenvalue weighted by Crippen LogP contribution is -2.38. The van der Waals surface area contributed by atoms with E-state index >= 15 is 0 Å². The molecule has 0 radical (unpaired) electrons. The van der Waals surface area contributed by atoms with Gasteiger partial charge in [-0.3, -0.25) is 4.79 Å². The number of carbonyl (C=O) groups excluding carboxylic acids is 1. The van der Waals surface area contributed by atoms with Crippen LogP contribution in [0.1, 0.15) is 12.5 Å². The van der Waals surface area contributed by atoms with Gasteiger partial charge in [0, 0.05) is 6.54 Å². The Morgan fingerprint density at radius 3 is 3.00 bits per heavy atom. The molecule has 17 heavy (non-hydrogen) atoms. The van der Waals surface area contributed by atoms with Crippen LogP contribution in [0.3, 0.4) is 0 Å². The summed E-state index contributed by atoms with van der Waals surface area (Å²) in [5.74, 6) is 0.550. The van der Waals surface area contributed by atoms with Crippen LogP contribution in [0.25, 0.3) is 0 Å². The first-order chi connectivity index (χ1) is 8.17. The minimum atomic E-state index is -0.320. The number of benzene rings is 1. The molecule has 1 heterocycles. The molecule has 1 amide bonds. The van der Waals surface area contributed by atoms with Gasteiger partial charge in [-0.05, 0) is 30.7 Å². The van der Waals surface area contributed by atoms with Gasteiger partial charge in [-0.1, -0.05) is 0 Å². The van der Waals surface area contributed by atoms with E-state index < -0.39 is 0 Å². The minimum Gasteiger partial charge on any atom is -0.482 e. The van der Waals surface area contributed by atoms with Gasteiger partial charge in [-0.2, -0.15) is 0 Å². The van der Waals surface area contributed by atoms with E-state index in [9.17, 15) is 4.79 Å². The van der Waals surface area contributed by atoms with Crippen LogP contribution in [0.2, 0.25) is 0 Å². The molecule has 1 aromatic rings. The van der Waals surface area contributed by atoms with Crippen molar-refractivity contribution in [1.82, 2.24) is 0 Å². The van der Waals surface area contributed by atoms with Gasteiger partial charge in [0.15, 0.2) is 6.61 Å². The van der Waals surface area contributed by atoms with Crippen LogP contribution in [-0.4, -0.2) is 36.5 Å². The number of nitrogens with zero attached hydrogens (tertiary/aromatic N) is 1. The monoisotopic (exact) mass is 234 g/mol. The van der Waals surface area contributed by atoms with Crippen LogP contribution in [0.4, 0.5) is 5.69 Å². The van der Waals surface area contributed by atoms with Crippen molar-refractivity contribution in [3.63, 3.8) is 0 Å². The fourth-order valence-electron chi connectivity index (χ4n) is 1.83. The van der Waals surface area contributed by atoms with E-state index in [1.54, 1.807) is 23.1 Å². The van der Waals surface area contributed by atoms with Crippen molar-refractivity contribution < 1.29 is 14.6 Å². The number of ether oxygens (including phenoxy) is 1. The fourth-order valence-corrected chi connectivity index (χ4v) is 1.83. The maximum Gasteiger partial charge on any atom is 0.265 e. The number of rotatable bonds is 3. The van der Waals surface area contributed by atoms with E-state index in [1.165, 1.54) is 0 Å². The third-order valence-electron chi connectivity index (χ3n) is 2.72. The molecule has 0 saturated heterocycles. The molecule has 0 atom stereocenters. The zero-order chi connectivity index (χ0) is 12.4. The van der Waals surface area contributed by atoms with Crippen LogP contribution in [0, 0.1) is 5.41 Å². The quantitative estimate of drug-likeness (QED) is 0.759. The van der Waals surface area contributed by atoms with Crippen molar-refractivity contribution in [2.75, 3.05) is 24.7 Å². The van der Waals surface area contributed by atoms with Gasteiger partial charge in [-0.25, -0.2) is 0 Å². The van der Waals surface area contributed by atoms with Crippen molar-refractivity contribution in [1.29, 1.82) is 5.41 Å². The van der Waals surface area contributed by atoms with Gasteiger partial charge in [0.25, 0.3) is 5.91 Å². The van der Waals surface area contributed by atoms with Crippen LogP contribution in [0.5, 0.6) is 5.75 Å². The summed E-state index contributed by atoms with van der Waals surface area (Å²) in [5.41, 5.74) is 1.39. The Morgan fingerprint density at radius 1 is 1.59 bits per heavy atom. The molecule has 1 aliphatic heterocycles. The van der Waals surface area contributed by atoms with Gasteiger partial charge in [0.1, 0.15) is 5.75 Å². The Balaban J connectivity index is 2.45. The number of fused-ring (bicyclic) bond motifs is 1. The summed E-state index contributed by atoms with van der Waals surface area (Å²) in [6.07, 6.45) is 0. The Labute approximate surface area is 99.1 Å². The van der Waals surface area contributed by atoms with E-state index in [4.69, 9.17) is 15.3 Å². The van der Waals surface area contributed by atoms with Crippen LogP contribution in [0.15, 0.2) is 18.2 Å². The second-order valence-corrected chi connectivity index (χ2v) is 3.75. The highest BCUT2D eigenvalue weighted by molar-refractivity contribution is 6.03. The second-order valence-electron chi connectivity index (χ2n) is 3.75. The van der Waals surface area contributed by atoms with E-state index in [-0.39, 0.29) is 24.8 Å². The summed E-state index contributed by atoms with van der Waals surface area (Å²) in [7, 11) is 0.